The molecule has 3 aliphatic rings. The van der Waals surface area contributed by atoms with Gasteiger partial charge in [0.1, 0.15) is 11.6 Å². The van der Waals surface area contributed by atoms with Gasteiger partial charge < -0.3 is 30.9 Å². The third-order valence-corrected chi connectivity index (χ3v) is 9.11. The summed E-state index contributed by atoms with van der Waals surface area (Å²) in [6.45, 7) is 3.44. The van der Waals surface area contributed by atoms with Crippen molar-refractivity contribution in [3.8, 4) is 0 Å². The van der Waals surface area contributed by atoms with E-state index in [1.807, 2.05) is 0 Å². The maximum absolute atomic E-state index is 14.0. The molecule has 12 heteroatoms. The van der Waals surface area contributed by atoms with Crippen molar-refractivity contribution in [1.29, 1.82) is 0 Å². The van der Waals surface area contributed by atoms with E-state index < -0.39 is 47.2 Å². The molecule has 4 rings (SSSR count). The van der Waals surface area contributed by atoms with Crippen molar-refractivity contribution in [2.24, 2.45) is 11.7 Å². The van der Waals surface area contributed by atoms with Gasteiger partial charge in [-0.3, -0.25) is 9.59 Å². The number of methoxy groups -OCH3 is 1. The van der Waals surface area contributed by atoms with Crippen molar-refractivity contribution in [2.75, 3.05) is 13.7 Å². The van der Waals surface area contributed by atoms with E-state index in [1.54, 1.807) is 18.5 Å². The Morgan fingerprint density at radius 1 is 1.18 bits per heavy atom. The molecule has 40 heavy (non-hydrogen) atoms. The third-order valence-electron chi connectivity index (χ3n) is 9.11. The highest BCUT2D eigenvalue weighted by atomic mass is 16.5. The lowest BCUT2D eigenvalue weighted by molar-refractivity contribution is -0.158. The fourth-order valence-corrected chi connectivity index (χ4v) is 6.85. The number of amides is 2. The quantitative estimate of drug-likeness (QED) is 0.324. The number of aromatic nitrogens is 3. The summed E-state index contributed by atoms with van der Waals surface area (Å²) in [6, 6.07) is -2.05. The van der Waals surface area contributed by atoms with E-state index in [9.17, 15) is 24.6 Å². The Kier molecular flexibility index (Phi) is 9.51. The number of nitrogens with two attached hydrogens (primary N) is 1. The molecule has 2 amide bonds. The van der Waals surface area contributed by atoms with Crippen LogP contribution >= 0.6 is 0 Å². The number of esters is 1. The lowest BCUT2D eigenvalue weighted by Gasteiger charge is -2.41. The van der Waals surface area contributed by atoms with Crippen LogP contribution in [-0.2, 0) is 24.7 Å². The highest BCUT2D eigenvalue weighted by molar-refractivity contribution is 5.91. The number of rotatable bonds is 9. The average Bonchev–Trinajstić information content (AvgIpc) is 3.61. The number of aliphatic hydroxyl groups is 2. The van der Waals surface area contributed by atoms with Gasteiger partial charge in [-0.2, -0.15) is 0 Å². The first-order valence-corrected chi connectivity index (χ1v) is 14.7. The maximum atomic E-state index is 14.0. The summed E-state index contributed by atoms with van der Waals surface area (Å²) in [5.74, 6) is -1.16. The molecule has 0 aromatic carbocycles. The van der Waals surface area contributed by atoms with E-state index in [0.717, 1.165) is 44.9 Å². The topological polar surface area (TPSA) is 173 Å². The van der Waals surface area contributed by atoms with E-state index in [4.69, 9.17) is 10.5 Å². The van der Waals surface area contributed by atoms with Crippen molar-refractivity contribution >= 4 is 17.8 Å². The van der Waals surface area contributed by atoms with E-state index in [2.05, 4.69) is 15.6 Å². The number of likely N-dealkylation sites (tertiary alicyclic amines) is 1. The first-order valence-electron chi connectivity index (χ1n) is 14.7. The van der Waals surface area contributed by atoms with Crippen molar-refractivity contribution in [1.82, 2.24) is 25.2 Å². The lowest BCUT2D eigenvalue weighted by Crippen LogP contribution is -2.63. The van der Waals surface area contributed by atoms with Crippen LogP contribution in [0.15, 0.2) is 6.20 Å². The van der Waals surface area contributed by atoms with Gasteiger partial charge in [-0.1, -0.05) is 56.6 Å². The summed E-state index contributed by atoms with van der Waals surface area (Å²) in [7, 11) is 1.21. The van der Waals surface area contributed by atoms with Crippen LogP contribution < -0.4 is 11.1 Å². The van der Waals surface area contributed by atoms with Crippen LogP contribution in [0.25, 0.3) is 0 Å². The highest BCUT2D eigenvalue weighted by Gasteiger charge is 2.49. The predicted molar refractivity (Wildman–Crippen MR) is 146 cm³/mol. The van der Waals surface area contributed by atoms with Gasteiger partial charge in [0.15, 0.2) is 6.10 Å². The predicted octanol–water partition coefficient (Wildman–Crippen LogP) is 1.30. The van der Waals surface area contributed by atoms with Crippen molar-refractivity contribution in [3.63, 3.8) is 0 Å². The highest BCUT2D eigenvalue weighted by Crippen LogP contribution is 2.36. The summed E-state index contributed by atoms with van der Waals surface area (Å²) in [4.78, 5) is 41.6. The second-order valence-corrected chi connectivity index (χ2v) is 12.5. The molecule has 1 aliphatic heterocycles. The number of nitrogens with one attached hydrogen (secondary N) is 1. The minimum Gasteiger partial charge on any atom is -0.467 e. The van der Waals surface area contributed by atoms with Crippen LogP contribution in [0.1, 0.15) is 103 Å². The molecule has 3 fully saturated rings. The molecule has 5 N–H and O–H groups in total. The van der Waals surface area contributed by atoms with Crippen molar-refractivity contribution < 1.29 is 29.3 Å². The largest absolute Gasteiger partial charge is 0.467 e. The van der Waals surface area contributed by atoms with Gasteiger partial charge in [0.05, 0.1) is 36.6 Å². The van der Waals surface area contributed by atoms with E-state index in [0.29, 0.717) is 30.9 Å². The molecule has 0 spiro atoms. The van der Waals surface area contributed by atoms with Gasteiger partial charge in [0, 0.05) is 13.0 Å². The Morgan fingerprint density at radius 3 is 2.45 bits per heavy atom. The molecule has 1 aromatic heterocycles. The van der Waals surface area contributed by atoms with Crippen LogP contribution in [0.4, 0.5) is 0 Å². The van der Waals surface area contributed by atoms with Crippen LogP contribution in [-0.4, -0.2) is 85.3 Å². The minimum atomic E-state index is -1.52. The maximum Gasteiger partial charge on any atom is 0.337 e. The first-order chi connectivity index (χ1) is 19.0. The Morgan fingerprint density at radius 2 is 1.82 bits per heavy atom. The number of nitrogens with zero attached hydrogens (tertiary/aromatic N) is 4. The summed E-state index contributed by atoms with van der Waals surface area (Å²) in [5, 5.41) is 32.7. The van der Waals surface area contributed by atoms with Gasteiger partial charge in [0.25, 0.3) is 0 Å². The van der Waals surface area contributed by atoms with Gasteiger partial charge in [-0.25, -0.2) is 9.48 Å². The number of hydrogen-bond acceptors (Lipinski definition) is 9. The zero-order chi connectivity index (χ0) is 29.1. The molecule has 1 saturated heterocycles. The fourth-order valence-electron chi connectivity index (χ4n) is 6.85. The fraction of sp³-hybridized carbons (Fsp3) is 0.821. The molecule has 224 valence electrons. The Bertz CT molecular complexity index is 1040. The molecule has 2 saturated carbocycles. The number of ether oxygens (including phenoxy) is 1. The Hall–Kier alpha value is -2.57. The summed E-state index contributed by atoms with van der Waals surface area (Å²) < 4.78 is 6.39. The molecular weight excluding hydrogens is 516 g/mol. The molecule has 0 radical (unpaired) electrons. The minimum absolute atomic E-state index is 0.175. The number of carbonyl (C=O) groups excluding carboxylic acids is 3. The molecule has 1 aromatic rings. The molecular formula is C28H46N6O6. The summed E-state index contributed by atoms with van der Waals surface area (Å²) in [5.41, 5.74) is 4.54. The van der Waals surface area contributed by atoms with E-state index in [-0.39, 0.29) is 18.9 Å². The van der Waals surface area contributed by atoms with Gasteiger partial charge in [-0.05, 0) is 39.0 Å². The molecule has 2 unspecified atom stereocenters. The van der Waals surface area contributed by atoms with Gasteiger partial charge in [-0.15, -0.1) is 5.10 Å². The third kappa shape index (κ3) is 6.49. The SMILES string of the molecule is COC(=O)C(O)C1(NC(=O)[C@@H]2C[C@H](n3nncc3C(C)(C)O)CN2C(=O)C(N)CC2CCCCC2)CCCCC1. The van der Waals surface area contributed by atoms with Crippen LogP contribution in [0.5, 0.6) is 0 Å². The smallest absolute Gasteiger partial charge is 0.337 e. The Balaban J connectivity index is 1.60. The molecule has 12 nitrogen and oxygen atoms in total. The molecule has 0 bridgehead atoms. The van der Waals surface area contributed by atoms with Crippen LogP contribution in [0.3, 0.4) is 0 Å². The monoisotopic (exact) mass is 562 g/mol. The zero-order valence-electron chi connectivity index (χ0n) is 24.1. The van der Waals surface area contributed by atoms with Gasteiger partial charge in [0.2, 0.25) is 11.8 Å². The molecule has 2 aliphatic carbocycles. The number of carbonyl (C=O) groups is 3. The number of aliphatic hydroxyl groups excluding tert-OH is 1. The van der Waals surface area contributed by atoms with Crippen LogP contribution in [0.2, 0.25) is 0 Å². The summed E-state index contributed by atoms with van der Waals surface area (Å²) >= 11 is 0. The second kappa shape index (κ2) is 12.5. The van der Waals surface area contributed by atoms with E-state index in [1.165, 1.54) is 24.6 Å². The zero-order valence-corrected chi connectivity index (χ0v) is 24.1. The standard InChI is InChI=1S/C28H46N6O6/c1-27(2,39)22-16-30-32-34(22)19-15-21(33(17-19)25(37)20(29)14-18-10-6-4-7-11-18)24(36)31-28(12-8-5-9-13-28)23(35)26(38)40-3/h16,18-21,23,35,39H,4-15,17,29H2,1-3H3,(H,31,36)/t19-,20?,21-,23?/m0/s1. The average molecular weight is 563 g/mol. The lowest BCUT2D eigenvalue weighted by atomic mass is 9.77. The molecule has 4 atom stereocenters. The van der Waals surface area contributed by atoms with Crippen molar-refractivity contribution in [3.05, 3.63) is 11.9 Å². The van der Waals surface area contributed by atoms with Gasteiger partial charge >= 0.3 is 5.97 Å². The van der Waals surface area contributed by atoms with E-state index >= 15 is 0 Å². The normalized spacial score (nSPS) is 25.3. The second-order valence-electron chi connectivity index (χ2n) is 12.5. The van der Waals surface area contributed by atoms with Crippen LogP contribution in [0, 0.1) is 5.92 Å². The Labute approximate surface area is 236 Å². The molecule has 2 heterocycles. The first kappa shape index (κ1) is 30.4. The summed E-state index contributed by atoms with van der Waals surface area (Å²) in [6.07, 6.45) is 9.60. The van der Waals surface area contributed by atoms with Crippen molar-refractivity contribution in [2.45, 2.75) is 126 Å². The number of hydrogen-bond donors (Lipinski definition) is 4.